The predicted octanol–water partition coefficient (Wildman–Crippen LogP) is 4.34. The summed E-state index contributed by atoms with van der Waals surface area (Å²) in [5.74, 6) is 2.21. The van der Waals surface area contributed by atoms with Crippen LogP contribution in [0.1, 0.15) is 36.5 Å². The van der Waals surface area contributed by atoms with Crippen molar-refractivity contribution in [2.45, 2.75) is 37.7 Å². The fourth-order valence-electron chi connectivity index (χ4n) is 4.26. The normalized spacial score (nSPS) is 22.7. The number of ether oxygens (including phenoxy) is 2. The molecule has 0 amide bonds. The predicted molar refractivity (Wildman–Crippen MR) is 114 cm³/mol. The summed E-state index contributed by atoms with van der Waals surface area (Å²) in [6.45, 7) is 3.02. The minimum Gasteiger partial charge on any atom is -0.506 e. The van der Waals surface area contributed by atoms with Gasteiger partial charge in [0.15, 0.2) is 0 Å². The van der Waals surface area contributed by atoms with Gasteiger partial charge in [0, 0.05) is 24.0 Å². The van der Waals surface area contributed by atoms with Gasteiger partial charge in [-0.05, 0) is 49.1 Å². The number of aromatic hydroxyl groups is 1. The molecule has 7 heteroatoms. The van der Waals surface area contributed by atoms with Gasteiger partial charge in [-0.3, -0.25) is 4.98 Å². The largest absolute Gasteiger partial charge is 0.506 e. The van der Waals surface area contributed by atoms with Crippen molar-refractivity contribution in [2.24, 2.45) is 0 Å². The number of anilines is 1. The van der Waals surface area contributed by atoms with E-state index in [0.717, 1.165) is 55.5 Å². The molecule has 0 aromatic carbocycles. The second-order valence-electron chi connectivity index (χ2n) is 7.75. The van der Waals surface area contributed by atoms with Crippen molar-refractivity contribution in [3.8, 4) is 11.6 Å². The van der Waals surface area contributed by atoms with E-state index in [4.69, 9.17) is 14.5 Å². The summed E-state index contributed by atoms with van der Waals surface area (Å²) in [6.07, 6.45) is 5.91. The van der Waals surface area contributed by atoms with Crippen LogP contribution in [0.25, 0.3) is 10.9 Å². The molecule has 0 bridgehead atoms. The van der Waals surface area contributed by atoms with Gasteiger partial charge in [0.2, 0.25) is 5.88 Å². The molecule has 152 valence electrons. The zero-order valence-electron chi connectivity index (χ0n) is 16.3. The Labute approximate surface area is 174 Å². The van der Waals surface area contributed by atoms with E-state index in [2.05, 4.69) is 27.4 Å². The summed E-state index contributed by atoms with van der Waals surface area (Å²) in [4.78, 5) is 12.9. The molecule has 1 saturated heterocycles. The van der Waals surface area contributed by atoms with Gasteiger partial charge in [0.05, 0.1) is 30.3 Å². The van der Waals surface area contributed by atoms with Crippen molar-refractivity contribution in [2.75, 3.05) is 31.2 Å². The van der Waals surface area contributed by atoms with Crippen LogP contribution in [0.5, 0.6) is 11.6 Å². The molecule has 2 aliphatic rings. The second-order valence-corrected chi connectivity index (χ2v) is 8.73. The monoisotopic (exact) mass is 411 g/mol. The van der Waals surface area contributed by atoms with Crippen LogP contribution in [0, 0.1) is 0 Å². The third-order valence-electron chi connectivity index (χ3n) is 5.85. The first-order valence-corrected chi connectivity index (χ1v) is 11.2. The zero-order chi connectivity index (χ0) is 19.6. The van der Waals surface area contributed by atoms with Crippen molar-refractivity contribution >= 4 is 28.1 Å². The molecule has 6 nitrogen and oxygen atoms in total. The lowest BCUT2D eigenvalue weighted by Gasteiger charge is -2.30. The lowest BCUT2D eigenvalue weighted by molar-refractivity contribution is 0.122. The number of aromatic nitrogens is 2. The molecule has 5 rings (SSSR count). The highest BCUT2D eigenvalue weighted by atomic mass is 32.1. The Hall–Kier alpha value is -2.38. The van der Waals surface area contributed by atoms with Crippen molar-refractivity contribution in [1.29, 1.82) is 0 Å². The van der Waals surface area contributed by atoms with Crippen LogP contribution in [0.4, 0.5) is 5.82 Å². The third kappa shape index (κ3) is 4.02. The van der Waals surface area contributed by atoms with Crippen molar-refractivity contribution in [3.63, 3.8) is 0 Å². The SMILES string of the molecule is Oc1cnc2cc(N3CCOCC3)nc(O[C@H]3CC[C@@H](c4cccs4)CC3)c2c1. The number of pyridine rings is 2. The maximum Gasteiger partial charge on any atom is 0.225 e. The van der Waals surface area contributed by atoms with E-state index < -0.39 is 0 Å². The zero-order valence-corrected chi connectivity index (χ0v) is 17.1. The summed E-state index contributed by atoms with van der Waals surface area (Å²) in [5, 5.41) is 12.9. The Morgan fingerprint density at radius 1 is 1.14 bits per heavy atom. The Bertz CT molecular complexity index is 965. The second kappa shape index (κ2) is 8.16. The average molecular weight is 412 g/mol. The molecule has 0 radical (unpaired) electrons. The van der Waals surface area contributed by atoms with Gasteiger partial charge in [-0.1, -0.05) is 6.07 Å². The Morgan fingerprint density at radius 2 is 1.97 bits per heavy atom. The summed E-state index contributed by atoms with van der Waals surface area (Å²) in [7, 11) is 0. The number of thiophene rings is 1. The van der Waals surface area contributed by atoms with E-state index in [9.17, 15) is 5.11 Å². The molecule has 3 aromatic rings. The molecule has 3 aromatic heterocycles. The van der Waals surface area contributed by atoms with Gasteiger partial charge in [0.1, 0.15) is 17.7 Å². The van der Waals surface area contributed by atoms with E-state index in [1.165, 1.54) is 11.1 Å². The summed E-state index contributed by atoms with van der Waals surface area (Å²) >= 11 is 1.85. The van der Waals surface area contributed by atoms with Crippen LogP contribution in [-0.4, -0.2) is 47.5 Å². The molecule has 29 heavy (non-hydrogen) atoms. The summed E-state index contributed by atoms with van der Waals surface area (Å²) in [5.41, 5.74) is 0.793. The van der Waals surface area contributed by atoms with Crippen LogP contribution in [0.2, 0.25) is 0 Å². The molecular weight excluding hydrogens is 386 g/mol. The highest BCUT2D eigenvalue weighted by molar-refractivity contribution is 7.10. The van der Waals surface area contributed by atoms with Crippen molar-refractivity contribution in [1.82, 2.24) is 9.97 Å². The van der Waals surface area contributed by atoms with Gasteiger partial charge in [0.25, 0.3) is 0 Å². The van der Waals surface area contributed by atoms with Gasteiger partial charge in [-0.2, -0.15) is 4.98 Å². The molecule has 1 aliphatic carbocycles. The quantitative estimate of drug-likeness (QED) is 0.689. The molecule has 1 aliphatic heterocycles. The van der Waals surface area contributed by atoms with Crippen LogP contribution >= 0.6 is 11.3 Å². The van der Waals surface area contributed by atoms with Crippen molar-refractivity contribution < 1.29 is 14.6 Å². The molecule has 0 spiro atoms. The lowest BCUT2D eigenvalue weighted by Crippen LogP contribution is -2.36. The number of nitrogens with zero attached hydrogens (tertiary/aromatic N) is 3. The van der Waals surface area contributed by atoms with Gasteiger partial charge in [-0.25, -0.2) is 0 Å². The Balaban J connectivity index is 1.38. The molecule has 2 fully saturated rings. The number of hydrogen-bond acceptors (Lipinski definition) is 7. The van der Waals surface area contributed by atoms with E-state index in [1.54, 1.807) is 6.07 Å². The van der Waals surface area contributed by atoms with E-state index in [0.29, 0.717) is 25.0 Å². The van der Waals surface area contributed by atoms with Gasteiger partial charge >= 0.3 is 0 Å². The standard InChI is InChI=1S/C22H25N3O3S/c26-16-12-18-19(23-14-16)13-21(25-7-9-27-10-8-25)24-22(18)28-17-5-3-15(4-6-17)20-2-1-11-29-20/h1-2,11-15,17,26H,3-10H2/t15-,17+. The number of hydrogen-bond donors (Lipinski definition) is 1. The fourth-order valence-corrected chi connectivity index (χ4v) is 5.16. The maximum atomic E-state index is 9.95. The van der Waals surface area contributed by atoms with Crippen LogP contribution in [-0.2, 0) is 4.74 Å². The molecule has 1 saturated carbocycles. The van der Waals surface area contributed by atoms with Gasteiger partial charge < -0.3 is 19.5 Å². The molecule has 0 unspecified atom stereocenters. The van der Waals surface area contributed by atoms with E-state index in [1.807, 2.05) is 17.4 Å². The first-order valence-electron chi connectivity index (χ1n) is 10.3. The fraction of sp³-hybridized carbons (Fsp3) is 0.455. The highest BCUT2D eigenvalue weighted by Crippen LogP contribution is 2.38. The maximum absolute atomic E-state index is 9.95. The molecule has 1 N–H and O–H groups in total. The molecule has 4 heterocycles. The topological polar surface area (TPSA) is 67.7 Å². The number of fused-ring (bicyclic) bond motifs is 1. The summed E-state index contributed by atoms with van der Waals surface area (Å²) in [6, 6.07) is 8.05. The average Bonchev–Trinajstić information content (AvgIpc) is 3.30. The molecule has 0 atom stereocenters. The minimum atomic E-state index is 0.129. The van der Waals surface area contributed by atoms with E-state index >= 15 is 0 Å². The van der Waals surface area contributed by atoms with Crippen molar-refractivity contribution in [3.05, 3.63) is 40.7 Å². The Morgan fingerprint density at radius 3 is 2.72 bits per heavy atom. The van der Waals surface area contributed by atoms with Crippen LogP contribution < -0.4 is 9.64 Å². The van der Waals surface area contributed by atoms with Crippen LogP contribution in [0.3, 0.4) is 0 Å². The minimum absolute atomic E-state index is 0.129. The van der Waals surface area contributed by atoms with E-state index in [-0.39, 0.29) is 11.9 Å². The molecular formula is C22H25N3O3S. The number of rotatable bonds is 4. The Kier molecular flexibility index (Phi) is 5.24. The first kappa shape index (κ1) is 18.6. The smallest absolute Gasteiger partial charge is 0.225 e. The van der Waals surface area contributed by atoms with Gasteiger partial charge in [-0.15, -0.1) is 11.3 Å². The summed E-state index contributed by atoms with van der Waals surface area (Å²) < 4.78 is 11.9. The number of morpholine rings is 1. The highest BCUT2D eigenvalue weighted by Gasteiger charge is 2.26. The lowest BCUT2D eigenvalue weighted by atomic mass is 9.86. The first-order chi connectivity index (χ1) is 14.3. The van der Waals surface area contributed by atoms with Crippen LogP contribution in [0.15, 0.2) is 35.8 Å². The third-order valence-corrected chi connectivity index (χ3v) is 6.88.